The van der Waals surface area contributed by atoms with Crippen molar-refractivity contribution in [3.05, 3.63) is 60.2 Å². The van der Waals surface area contributed by atoms with Crippen LogP contribution in [-0.2, 0) is 11.3 Å². The number of hydrogen-bond acceptors (Lipinski definition) is 4. The van der Waals surface area contributed by atoms with Gasteiger partial charge in [0, 0.05) is 12.2 Å². The van der Waals surface area contributed by atoms with E-state index in [0.29, 0.717) is 6.54 Å². The topological polar surface area (TPSA) is 80.9 Å². The highest BCUT2D eigenvalue weighted by Crippen LogP contribution is 2.19. The van der Waals surface area contributed by atoms with Gasteiger partial charge in [0.25, 0.3) is 0 Å². The molecule has 0 aliphatic rings. The summed E-state index contributed by atoms with van der Waals surface area (Å²) in [7, 11) is 0. The van der Waals surface area contributed by atoms with Gasteiger partial charge in [0.15, 0.2) is 0 Å². The maximum absolute atomic E-state index is 12.1. The molecule has 0 spiro atoms. The first-order chi connectivity index (χ1) is 9.68. The second-order valence-corrected chi connectivity index (χ2v) is 4.64. The van der Waals surface area contributed by atoms with Crippen LogP contribution in [0.1, 0.15) is 24.2 Å². The fourth-order valence-electron chi connectivity index (χ4n) is 1.89. The molecule has 0 aliphatic carbocycles. The van der Waals surface area contributed by atoms with Crippen LogP contribution in [0.2, 0.25) is 0 Å². The summed E-state index contributed by atoms with van der Waals surface area (Å²) in [6, 6.07) is 11.1. The molecule has 5 nitrogen and oxygen atoms in total. The first-order valence-electron chi connectivity index (χ1n) is 6.51. The highest BCUT2D eigenvalue weighted by molar-refractivity contribution is 5.79. The van der Waals surface area contributed by atoms with Crippen molar-refractivity contribution >= 4 is 5.91 Å². The van der Waals surface area contributed by atoms with Gasteiger partial charge in [0.05, 0.1) is 18.2 Å². The Hall–Kier alpha value is -2.27. The molecule has 2 rings (SSSR count). The normalized spacial score (nSPS) is 13.5. The molecule has 1 heterocycles. The molecule has 5 heteroatoms. The van der Waals surface area contributed by atoms with E-state index in [1.54, 1.807) is 12.3 Å². The van der Waals surface area contributed by atoms with Crippen molar-refractivity contribution in [1.82, 2.24) is 15.3 Å². The Morgan fingerprint density at radius 2 is 2.05 bits per heavy atom. The van der Waals surface area contributed by atoms with E-state index in [9.17, 15) is 4.79 Å². The number of hydrogen-bond donors (Lipinski definition) is 2. The van der Waals surface area contributed by atoms with Gasteiger partial charge in [-0.05, 0) is 11.6 Å². The number of amides is 1. The summed E-state index contributed by atoms with van der Waals surface area (Å²) in [6.45, 7) is 2.21. The summed E-state index contributed by atoms with van der Waals surface area (Å²) in [6.07, 6.45) is 3.11. The Bertz CT molecular complexity index is 544. The largest absolute Gasteiger partial charge is 0.350 e. The number of benzene rings is 1. The maximum atomic E-state index is 12.1. The standard InChI is InChI=1S/C15H18N4O/c1-11(14(16)12-5-3-2-4-6-12)15(20)18-9-13-7-8-17-10-19-13/h2-8,10-11,14H,9,16H2,1H3,(H,18,20). The van der Waals surface area contributed by atoms with Crippen LogP contribution in [0.5, 0.6) is 0 Å². The summed E-state index contributed by atoms with van der Waals surface area (Å²) in [5, 5.41) is 2.84. The first kappa shape index (κ1) is 14.1. The molecule has 20 heavy (non-hydrogen) atoms. The predicted molar refractivity (Wildman–Crippen MR) is 76.4 cm³/mol. The number of rotatable bonds is 5. The lowest BCUT2D eigenvalue weighted by molar-refractivity contribution is -0.125. The van der Waals surface area contributed by atoms with Crippen LogP contribution in [0.4, 0.5) is 0 Å². The zero-order chi connectivity index (χ0) is 14.4. The van der Waals surface area contributed by atoms with E-state index in [1.165, 1.54) is 6.33 Å². The number of carbonyl (C=O) groups is 1. The van der Waals surface area contributed by atoms with Gasteiger partial charge in [-0.1, -0.05) is 37.3 Å². The minimum atomic E-state index is -0.318. The highest BCUT2D eigenvalue weighted by Gasteiger charge is 2.21. The number of nitrogens with zero attached hydrogens (tertiary/aromatic N) is 2. The molecular weight excluding hydrogens is 252 g/mol. The summed E-state index contributed by atoms with van der Waals surface area (Å²) in [4.78, 5) is 20.0. The summed E-state index contributed by atoms with van der Waals surface area (Å²) in [5.74, 6) is -0.390. The summed E-state index contributed by atoms with van der Waals surface area (Å²) < 4.78 is 0. The average molecular weight is 270 g/mol. The molecule has 0 radical (unpaired) electrons. The van der Waals surface area contributed by atoms with Crippen molar-refractivity contribution in [1.29, 1.82) is 0 Å². The number of carbonyl (C=O) groups excluding carboxylic acids is 1. The molecule has 0 saturated heterocycles. The molecular formula is C15H18N4O. The number of nitrogens with two attached hydrogens (primary N) is 1. The molecule has 0 saturated carbocycles. The van der Waals surface area contributed by atoms with E-state index in [1.807, 2.05) is 37.3 Å². The van der Waals surface area contributed by atoms with E-state index in [-0.39, 0.29) is 17.9 Å². The summed E-state index contributed by atoms with van der Waals surface area (Å²) >= 11 is 0. The van der Waals surface area contributed by atoms with Crippen molar-refractivity contribution < 1.29 is 4.79 Å². The Morgan fingerprint density at radius 1 is 1.30 bits per heavy atom. The third-order valence-corrected chi connectivity index (χ3v) is 3.22. The van der Waals surface area contributed by atoms with Crippen molar-refractivity contribution in [3.8, 4) is 0 Å². The van der Waals surface area contributed by atoms with Gasteiger partial charge in [0.1, 0.15) is 6.33 Å². The van der Waals surface area contributed by atoms with E-state index < -0.39 is 0 Å². The minimum Gasteiger partial charge on any atom is -0.350 e. The quantitative estimate of drug-likeness (QED) is 0.861. The lowest BCUT2D eigenvalue weighted by Crippen LogP contribution is -2.35. The zero-order valence-corrected chi connectivity index (χ0v) is 11.4. The first-order valence-corrected chi connectivity index (χ1v) is 6.51. The Balaban J connectivity index is 1.92. The number of aromatic nitrogens is 2. The van der Waals surface area contributed by atoms with Gasteiger partial charge in [-0.15, -0.1) is 0 Å². The molecule has 1 aromatic carbocycles. The fourth-order valence-corrected chi connectivity index (χ4v) is 1.89. The molecule has 1 amide bonds. The van der Waals surface area contributed by atoms with Gasteiger partial charge in [-0.2, -0.15) is 0 Å². The van der Waals surface area contributed by atoms with Crippen LogP contribution in [0, 0.1) is 5.92 Å². The SMILES string of the molecule is CC(C(=O)NCc1ccncn1)C(N)c1ccccc1. The van der Waals surface area contributed by atoms with E-state index in [4.69, 9.17) is 5.73 Å². The molecule has 0 bridgehead atoms. The van der Waals surface area contributed by atoms with E-state index in [0.717, 1.165) is 11.3 Å². The maximum Gasteiger partial charge on any atom is 0.225 e. The van der Waals surface area contributed by atoms with Crippen LogP contribution in [-0.4, -0.2) is 15.9 Å². The molecule has 1 aromatic heterocycles. The monoisotopic (exact) mass is 270 g/mol. The van der Waals surface area contributed by atoms with Crippen molar-refractivity contribution in [2.24, 2.45) is 11.7 Å². The van der Waals surface area contributed by atoms with Gasteiger partial charge >= 0.3 is 0 Å². The van der Waals surface area contributed by atoms with Gasteiger partial charge in [0.2, 0.25) is 5.91 Å². The lowest BCUT2D eigenvalue weighted by Gasteiger charge is -2.19. The van der Waals surface area contributed by atoms with Crippen molar-refractivity contribution in [2.75, 3.05) is 0 Å². The zero-order valence-electron chi connectivity index (χ0n) is 11.4. The average Bonchev–Trinajstić information content (AvgIpc) is 2.53. The van der Waals surface area contributed by atoms with Crippen LogP contribution in [0.25, 0.3) is 0 Å². The minimum absolute atomic E-state index is 0.0834. The van der Waals surface area contributed by atoms with Crippen molar-refractivity contribution in [2.45, 2.75) is 19.5 Å². The Kier molecular flexibility index (Phi) is 4.79. The Labute approximate surface area is 118 Å². The molecule has 2 unspecified atom stereocenters. The van der Waals surface area contributed by atoms with Crippen LogP contribution in [0.3, 0.4) is 0 Å². The van der Waals surface area contributed by atoms with E-state index >= 15 is 0 Å². The molecule has 2 aromatic rings. The molecule has 3 N–H and O–H groups in total. The van der Waals surface area contributed by atoms with Crippen molar-refractivity contribution in [3.63, 3.8) is 0 Å². The fraction of sp³-hybridized carbons (Fsp3) is 0.267. The Morgan fingerprint density at radius 3 is 2.70 bits per heavy atom. The third kappa shape index (κ3) is 3.61. The molecule has 0 fully saturated rings. The predicted octanol–water partition coefficient (Wildman–Crippen LogP) is 1.43. The smallest absolute Gasteiger partial charge is 0.225 e. The van der Waals surface area contributed by atoms with Gasteiger partial charge < -0.3 is 11.1 Å². The highest BCUT2D eigenvalue weighted by atomic mass is 16.1. The second kappa shape index (κ2) is 6.77. The third-order valence-electron chi connectivity index (χ3n) is 3.22. The second-order valence-electron chi connectivity index (χ2n) is 4.64. The van der Waals surface area contributed by atoms with Gasteiger partial charge in [-0.25, -0.2) is 9.97 Å². The van der Waals surface area contributed by atoms with E-state index in [2.05, 4.69) is 15.3 Å². The van der Waals surface area contributed by atoms with Crippen LogP contribution in [0.15, 0.2) is 48.9 Å². The van der Waals surface area contributed by atoms with Crippen LogP contribution < -0.4 is 11.1 Å². The lowest BCUT2D eigenvalue weighted by atomic mass is 9.95. The number of nitrogens with one attached hydrogen (secondary N) is 1. The molecule has 2 atom stereocenters. The molecule has 104 valence electrons. The molecule has 0 aliphatic heterocycles. The summed E-state index contributed by atoms with van der Waals surface area (Å²) in [5.41, 5.74) is 7.85. The van der Waals surface area contributed by atoms with Gasteiger partial charge in [-0.3, -0.25) is 4.79 Å². The van der Waals surface area contributed by atoms with Crippen LogP contribution >= 0.6 is 0 Å².